The molecule has 2 amide bonds. The third kappa shape index (κ3) is 5.18. The molecule has 0 bridgehead atoms. The van der Waals surface area contributed by atoms with Gasteiger partial charge in [0.15, 0.2) is 0 Å². The Balaban J connectivity index is 1.54. The van der Waals surface area contributed by atoms with Crippen molar-refractivity contribution in [2.75, 3.05) is 12.0 Å². The number of hydrogen-bond acceptors (Lipinski definition) is 5. The molecule has 0 aliphatic carbocycles. The van der Waals surface area contributed by atoms with E-state index in [0.717, 1.165) is 16.8 Å². The second kappa shape index (κ2) is 8.83. The maximum atomic E-state index is 12.6. The number of carbonyl (C=O) groups excluding carboxylic acids is 2. The number of hydrogen-bond donors (Lipinski definition) is 2. The molecule has 1 saturated heterocycles. The zero-order chi connectivity index (χ0) is 19.2. The second-order valence-corrected chi connectivity index (χ2v) is 7.71. The number of anilines is 1. The van der Waals surface area contributed by atoms with Gasteiger partial charge in [0.2, 0.25) is 5.91 Å². The van der Waals surface area contributed by atoms with E-state index in [1.165, 1.54) is 16.7 Å². The Morgan fingerprint density at radius 1 is 1.15 bits per heavy atom. The quantitative estimate of drug-likeness (QED) is 0.442. The smallest absolute Gasteiger partial charge is 0.266 e. The van der Waals surface area contributed by atoms with Crippen LogP contribution in [0.15, 0.2) is 59.5 Å². The van der Waals surface area contributed by atoms with Gasteiger partial charge in [0.05, 0.1) is 10.6 Å². The SMILES string of the molecule is Cc1ccc(/C=C2\SC(=S)N(CCC(=O)NNc3ccccc3)C2=O)cc1. The molecule has 2 N–H and O–H groups in total. The Labute approximate surface area is 167 Å². The molecule has 1 heterocycles. The number of rotatable bonds is 6. The molecular formula is C20H19N3O2S2. The molecule has 0 radical (unpaired) electrons. The van der Waals surface area contributed by atoms with Crippen LogP contribution in [0.2, 0.25) is 0 Å². The molecule has 0 unspecified atom stereocenters. The van der Waals surface area contributed by atoms with E-state index >= 15 is 0 Å². The lowest BCUT2D eigenvalue weighted by Gasteiger charge is -2.14. The van der Waals surface area contributed by atoms with E-state index in [9.17, 15) is 9.59 Å². The van der Waals surface area contributed by atoms with Crippen LogP contribution in [0.4, 0.5) is 5.69 Å². The number of thiocarbonyl (C=S) groups is 1. The summed E-state index contributed by atoms with van der Waals surface area (Å²) in [5, 5.41) is 0. The molecule has 138 valence electrons. The molecule has 0 aromatic heterocycles. The minimum absolute atomic E-state index is 0.157. The van der Waals surface area contributed by atoms with Crippen molar-refractivity contribution in [3.63, 3.8) is 0 Å². The number of aryl methyl sites for hydroxylation is 1. The second-order valence-electron chi connectivity index (χ2n) is 6.03. The Hall–Kier alpha value is -2.64. The van der Waals surface area contributed by atoms with Crippen LogP contribution in [0.3, 0.4) is 0 Å². The molecule has 1 fully saturated rings. The number of hydrazine groups is 1. The van der Waals surface area contributed by atoms with E-state index in [4.69, 9.17) is 12.2 Å². The van der Waals surface area contributed by atoms with Crippen molar-refractivity contribution >= 4 is 51.9 Å². The topological polar surface area (TPSA) is 61.4 Å². The Morgan fingerprint density at radius 2 is 1.85 bits per heavy atom. The number of thioether (sulfide) groups is 1. The molecular weight excluding hydrogens is 378 g/mol. The van der Waals surface area contributed by atoms with Crippen molar-refractivity contribution in [3.8, 4) is 0 Å². The third-order valence-corrected chi connectivity index (χ3v) is 5.31. The maximum absolute atomic E-state index is 12.6. The fraction of sp³-hybridized carbons (Fsp3) is 0.150. The lowest BCUT2D eigenvalue weighted by atomic mass is 10.1. The van der Waals surface area contributed by atoms with Gasteiger partial charge in [-0.2, -0.15) is 0 Å². The first-order valence-electron chi connectivity index (χ1n) is 8.45. The monoisotopic (exact) mass is 397 g/mol. The van der Waals surface area contributed by atoms with E-state index in [0.29, 0.717) is 9.23 Å². The average molecular weight is 398 g/mol. The van der Waals surface area contributed by atoms with E-state index in [1.54, 1.807) is 0 Å². The molecule has 5 nitrogen and oxygen atoms in total. The molecule has 2 aromatic rings. The standard InChI is InChI=1S/C20H19N3O2S2/c1-14-7-9-15(10-8-14)13-17-19(25)23(20(26)27-17)12-11-18(24)22-21-16-5-3-2-4-6-16/h2-10,13,21H,11-12H2,1H3,(H,22,24)/b17-13-. The summed E-state index contributed by atoms with van der Waals surface area (Å²) in [5.74, 6) is -0.371. The predicted octanol–water partition coefficient (Wildman–Crippen LogP) is 3.73. The highest BCUT2D eigenvalue weighted by molar-refractivity contribution is 8.26. The van der Waals surface area contributed by atoms with Crippen LogP contribution in [0.1, 0.15) is 17.5 Å². The lowest BCUT2D eigenvalue weighted by molar-refractivity contribution is -0.123. The fourth-order valence-electron chi connectivity index (χ4n) is 2.45. The number of para-hydroxylation sites is 1. The van der Waals surface area contributed by atoms with Crippen molar-refractivity contribution in [2.45, 2.75) is 13.3 Å². The van der Waals surface area contributed by atoms with Crippen LogP contribution in [0, 0.1) is 6.92 Å². The highest BCUT2D eigenvalue weighted by atomic mass is 32.2. The van der Waals surface area contributed by atoms with E-state index in [-0.39, 0.29) is 24.8 Å². The first-order valence-corrected chi connectivity index (χ1v) is 9.67. The summed E-state index contributed by atoms with van der Waals surface area (Å²) >= 11 is 6.57. The van der Waals surface area contributed by atoms with Crippen LogP contribution >= 0.6 is 24.0 Å². The van der Waals surface area contributed by atoms with Crippen LogP contribution in [0.5, 0.6) is 0 Å². The van der Waals surface area contributed by atoms with E-state index in [1.807, 2.05) is 67.6 Å². The molecule has 2 aromatic carbocycles. The highest BCUT2D eigenvalue weighted by Crippen LogP contribution is 2.32. The summed E-state index contributed by atoms with van der Waals surface area (Å²) in [6.07, 6.45) is 1.99. The van der Waals surface area contributed by atoms with Gasteiger partial charge >= 0.3 is 0 Å². The Kier molecular flexibility index (Phi) is 6.26. The van der Waals surface area contributed by atoms with Crippen LogP contribution < -0.4 is 10.9 Å². The van der Waals surface area contributed by atoms with Gasteiger partial charge in [-0.05, 0) is 30.7 Å². The molecule has 27 heavy (non-hydrogen) atoms. The first kappa shape index (κ1) is 19.1. The molecule has 1 aliphatic rings. The number of benzene rings is 2. The summed E-state index contributed by atoms with van der Waals surface area (Å²) in [5.41, 5.74) is 8.35. The van der Waals surface area contributed by atoms with Gasteiger partial charge in [-0.3, -0.25) is 25.3 Å². The van der Waals surface area contributed by atoms with Gasteiger partial charge in [0.25, 0.3) is 5.91 Å². The van der Waals surface area contributed by atoms with Crippen molar-refractivity contribution in [1.82, 2.24) is 10.3 Å². The van der Waals surface area contributed by atoms with Crippen LogP contribution in [-0.4, -0.2) is 27.6 Å². The van der Waals surface area contributed by atoms with Crippen molar-refractivity contribution in [2.24, 2.45) is 0 Å². The van der Waals surface area contributed by atoms with Gasteiger partial charge < -0.3 is 0 Å². The van der Waals surface area contributed by atoms with Crippen molar-refractivity contribution in [1.29, 1.82) is 0 Å². The number of nitrogens with zero attached hydrogens (tertiary/aromatic N) is 1. The predicted molar refractivity (Wildman–Crippen MR) is 114 cm³/mol. The summed E-state index contributed by atoms with van der Waals surface area (Å²) < 4.78 is 0.474. The van der Waals surface area contributed by atoms with Crippen LogP contribution in [-0.2, 0) is 9.59 Å². The Morgan fingerprint density at radius 3 is 2.56 bits per heavy atom. The summed E-state index contributed by atoms with van der Waals surface area (Å²) in [6, 6.07) is 17.2. The van der Waals surface area contributed by atoms with E-state index < -0.39 is 0 Å². The number of carbonyl (C=O) groups is 2. The minimum atomic E-state index is -0.213. The maximum Gasteiger partial charge on any atom is 0.266 e. The van der Waals surface area contributed by atoms with Crippen LogP contribution in [0.25, 0.3) is 6.08 Å². The summed E-state index contributed by atoms with van der Waals surface area (Å²) in [6.45, 7) is 2.26. The summed E-state index contributed by atoms with van der Waals surface area (Å²) in [7, 11) is 0. The van der Waals surface area contributed by atoms with Crippen molar-refractivity contribution < 1.29 is 9.59 Å². The molecule has 0 atom stereocenters. The zero-order valence-corrected chi connectivity index (χ0v) is 16.4. The molecule has 3 rings (SSSR count). The Bertz CT molecular complexity index is 880. The molecule has 0 saturated carbocycles. The van der Waals surface area contributed by atoms with Gasteiger partial charge in [-0.15, -0.1) is 0 Å². The van der Waals surface area contributed by atoms with Gasteiger partial charge in [-0.1, -0.05) is 72.0 Å². The lowest BCUT2D eigenvalue weighted by Crippen LogP contribution is -2.35. The van der Waals surface area contributed by atoms with Crippen molar-refractivity contribution in [3.05, 3.63) is 70.6 Å². The fourth-order valence-corrected chi connectivity index (χ4v) is 3.75. The normalized spacial score (nSPS) is 15.3. The molecule has 0 spiro atoms. The zero-order valence-electron chi connectivity index (χ0n) is 14.8. The number of nitrogens with one attached hydrogen (secondary N) is 2. The highest BCUT2D eigenvalue weighted by Gasteiger charge is 2.32. The van der Waals surface area contributed by atoms with Gasteiger partial charge in [0.1, 0.15) is 4.32 Å². The average Bonchev–Trinajstić information content (AvgIpc) is 2.94. The minimum Gasteiger partial charge on any atom is -0.299 e. The van der Waals surface area contributed by atoms with Gasteiger partial charge in [-0.25, -0.2) is 0 Å². The molecule has 1 aliphatic heterocycles. The van der Waals surface area contributed by atoms with E-state index in [2.05, 4.69) is 10.9 Å². The number of amides is 2. The molecule has 7 heteroatoms. The largest absolute Gasteiger partial charge is 0.299 e. The third-order valence-electron chi connectivity index (χ3n) is 3.93. The summed E-state index contributed by atoms with van der Waals surface area (Å²) in [4.78, 5) is 26.6. The first-order chi connectivity index (χ1) is 13.0. The van der Waals surface area contributed by atoms with Gasteiger partial charge in [0, 0.05) is 13.0 Å².